The summed E-state index contributed by atoms with van der Waals surface area (Å²) in [4.78, 5) is 72.8. The van der Waals surface area contributed by atoms with E-state index in [4.69, 9.17) is 37.0 Å². The Morgan fingerprint density at radius 2 is 0.510 bits per heavy atom. The summed E-state index contributed by atoms with van der Waals surface area (Å²) >= 11 is 0. The molecule has 0 aromatic carbocycles. The molecule has 2 unspecified atom stereocenters. The first-order chi connectivity index (χ1) is 46.7. The van der Waals surface area contributed by atoms with Crippen LogP contribution in [0.3, 0.4) is 0 Å². The average molecular weight is 1400 g/mol. The summed E-state index contributed by atoms with van der Waals surface area (Å²) in [5, 5.41) is 10.6. The molecule has 0 aromatic heterocycles. The van der Waals surface area contributed by atoms with Crippen LogP contribution in [0.4, 0.5) is 0 Å². The SMILES string of the molecule is CCCCC/C=C\C/C=C\CCCCCCCC(=O)OC[C@H](COP(=O)(O)OC[C@@H](O)COP(=O)(O)OC[C@@H](COC(=O)CCCCCCCCCCCCCCC)OC(=O)CCCCCCCCCCCCCCC)OC(=O)CCCCCCCCC/C=C\CCCCCC. The fraction of sp³-hybridized carbons (Fsp3) is 0.870. The highest BCUT2D eigenvalue weighted by molar-refractivity contribution is 7.47. The Balaban J connectivity index is 5.31. The molecule has 0 aliphatic carbocycles. The molecular weight excluding hydrogens is 1260 g/mol. The van der Waals surface area contributed by atoms with Crippen molar-refractivity contribution in [2.75, 3.05) is 39.6 Å². The molecule has 0 spiro atoms. The number of rotatable bonds is 75. The van der Waals surface area contributed by atoms with Crippen molar-refractivity contribution < 1.29 is 80.2 Å². The van der Waals surface area contributed by atoms with E-state index in [0.29, 0.717) is 25.7 Å². The standard InChI is InChI=1S/C77H144O17P2/c1-5-9-13-17-21-25-29-33-35-39-42-46-50-54-58-62-75(80)88-68-73(94-77(82)64-60-56-52-48-44-40-36-34-30-26-22-18-14-10-6-2)70-92-96(85,86)90-66-71(78)65-89-95(83,84)91-69-72(93-76(81)63-59-55-51-47-43-38-32-28-24-20-16-12-8-4)67-87-74(79)61-57-53-49-45-41-37-31-27-23-19-15-11-7-3/h21,25-26,30,33,35,71-73,78H,5-20,22-24,27-29,31-32,34,36-70H2,1-4H3,(H,83,84)(H,85,86)/b25-21-,30-26-,35-33-/t71-,72+,73+/m0/s1. The van der Waals surface area contributed by atoms with Gasteiger partial charge in [0, 0.05) is 25.7 Å². The molecule has 0 fully saturated rings. The van der Waals surface area contributed by atoms with Crippen LogP contribution >= 0.6 is 15.6 Å². The van der Waals surface area contributed by atoms with Gasteiger partial charge < -0.3 is 33.8 Å². The van der Waals surface area contributed by atoms with Crippen LogP contribution in [0, 0.1) is 0 Å². The highest BCUT2D eigenvalue weighted by Crippen LogP contribution is 2.45. The van der Waals surface area contributed by atoms with Crippen LogP contribution in [0.1, 0.15) is 374 Å². The van der Waals surface area contributed by atoms with Gasteiger partial charge in [0.2, 0.25) is 0 Å². The van der Waals surface area contributed by atoms with Crippen LogP contribution in [-0.2, 0) is 65.4 Å². The van der Waals surface area contributed by atoms with Gasteiger partial charge >= 0.3 is 39.5 Å². The van der Waals surface area contributed by atoms with E-state index in [2.05, 4.69) is 64.2 Å². The number of allylic oxidation sites excluding steroid dienone is 6. The van der Waals surface area contributed by atoms with Gasteiger partial charge in [-0.1, -0.05) is 302 Å². The topological polar surface area (TPSA) is 237 Å². The number of carbonyl (C=O) groups excluding carboxylic acids is 4. The molecule has 0 radical (unpaired) electrons. The Morgan fingerprint density at radius 3 is 0.812 bits per heavy atom. The summed E-state index contributed by atoms with van der Waals surface area (Å²) in [5.74, 6) is -2.15. The third kappa shape index (κ3) is 69.7. The normalized spacial score (nSPS) is 14.1. The second-order valence-corrected chi connectivity index (χ2v) is 29.6. The van der Waals surface area contributed by atoms with Crippen LogP contribution < -0.4 is 0 Å². The Bertz CT molecular complexity index is 1970. The van der Waals surface area contributed by atoms with E-state index in [-0.39, 0.29) is 25.7 Å². The molecule has 5 atom stereocenters. The summed E-state index contributed by atoms with van der Waals surface area (Å²) in [6.45, 7) is 4.90. The molecule has 0 amide bonds. The fourth-order valence-electron chi connectivity index (χ4n) is 11.1. The summed E-state index contributed by atoms with van der Waals surface area (Å²) in [6.07, 6.45) is 65.5. The first kappa shape index (κ1) is 93.3. The minimum absolute atomic E-state index is 0.0930. The molecule has 96 heavy (non-hydrogen) atoms. The molecule has 0 aliphatic heterocycles. The van der Waals surface area contributed by atoms with E-state index >= 15 is 0 Å². The number of carbonyl (C=O) groups is 4. The Hall–Kier alpha value is -2.72. The van der Waals surface area contributed by atoms with E-state index in [1.165, 1.54) is 154 Å². The third-order valence-electron chi connectivity index (χ3n) is 17.1. The number of aliphatic hydroxyl groups is 1. The van der Waals surface area contributed by atoms with Gasteiger partial charge in [-0.3, -0.25) is 37.3 Å². The number of ether oxygens (including phenoxy) is 4. The molecule has 0 aliphatic rings. The summed E-state index contributed by atoms with van der Waals surface area (Å²) < 4.78 is 68.5. The number of unbranched alkanes of at least 4 members (excludes halogenated alkanes) is 43. The molecule has 0 aromatic rings. The van der Waals surface area contributed by atoms with Gasteiger partial charge in [-0.25, -0.2) is 9.13 Å². The maximum absolute atomic E-state index is 13.1. The van der Waals surface area contributed by atoms with Crippen molar-refractivity contribution >= 4 is 39.5 Å². The minimum atomic E-state index is -4.97. The fourth-order valence-corrected chi connectivity index (χ4v) is 12.7. The second-order valence-electron chi connectivity index (χ2n) is 26.7. The van der Waals surface area contributed by atoms with Crippen molar-refractivity contribution in [3.63, 3.8) is 0 Å². The van der Waals surface area contributed by atoms with Crippen molar-refractivity contribution in [1.82, 2.24) is 0 Å². The van der Waals surface area contributed by atoms with Crippen molar-refractivity contribution in [3.05, 3.63) is 36.5 Å². The first-order valence-electron chi connectivity index (χ1n) is 39.2. The van der Waals surface area contributed by atoms with E-state index in [1.807, 2.05) is 0 Å². The van der Waals surface area contributed by atoms with Gasteiger partial charge in [0.25, 0.3) is 0 Å². The van der Waals surface area contributed by atoms with Gasteiger partial charge in [0.05, 0.1) is 26.4 Å². The van der Waals surface area contributed by atoms with Gasteiger partial charge in [-0.05, 0) is 83.5 Å². The zero-order valence-corrected chi connectivity index (χ0v) is 63.4. The number of aliphatic hydroxyl groups excluding tert-OH is 1. The number of phosphoric ester groups is 2. The molecule has 0 saturated heterocycles. The molecule has 0 bridgehead atoms. The average Bonchev–Trinajstić information content (AvgIpc) is 1.36. The van der Waals surface area contributed by atoms with E-state index in [1.54, 1.807) is 0 Å². The third-order valence-corrected chi connectivity index (χ3v) is 19.0. The lowest BCUT2D eigenvalue weighted by atomic mass is 10.0. The van der Waals surface area contributed by atoms with Crippen molar-refractivity contribution in [3.8, 4) is 0 Å². The zero-order chi connectivity index (χ0) is 70.4. The van der Waals surface area contributed by atoms with Gasteiger partial charge in [0.15, 0.2) is 12.2 Å². The molecule has 19 heteroatoms. The van der Waals surface area contributed by atoms with Gasteiger partial charge in [0.1, 0.15) is 19.3 Å². The second kappa shape index (κ2) is 70.7. The number of hydrogen-bond acceptors (Lipinski definition) is 15. The maximum atomic E-state index is 13.1. The first-order valence-corrected chi connectivity index (χ1v) is 42.2. The zero-order valence-electron chi connectivity index (χ0n) is 61.6. The predicted octanol–water partition coefficient (Wildman–Crippen LogP) is 22.3. The van der Waals surface area contributed by atoms with Crippen LogP contribution in [0.2, 0.25) is 0 Å². The summed E-state index contributed by atoms with van der Waals surface area (Å²) in [5.41, 5.74) is 0. The molecule has 0 rings (SSSR count). The Morgan fingerprint density at radius 1 is 0.292 bits per heavy atom. The quantitative estimate of drug-likeness (QED) is 0.0169. The Kier molecular flexibility index (Phi) is 68.7. The number of phosphoric acid groups is 2. The molecule has 17 nitrogen and oxygen atoms in total. The largest absolute Gasteiger partial charge is 0.472 e. The van der Waals surface area contributed by atoms with Crippen molar-refractivity contribution in [1.29, 1.82) is 0 Å². The van der Waals surface area contributed by atoms with Gasteiger partial charge in [-0.15, -0.1) is 0 Å². The lowest BCUT2D eigenvalue weighted by Gasteiger charge is -2.21. The van der Waals surface area contributed by atoms with E-state index in [9.17, 15) is 43.2 Å². The summed E-state index contributed by atoms with van der Waals surface area (Å²) in [7, 11) is -9.93. The van der Waals surface area contributed by atoms with Crippen molar-refractivity contribution in [2.45, 2.75) is 393 Å². The minimum Gasteiger partial charge on any atom is -0.462 e. The molecule has 564 valence electrons. The lowest BCUT2D eigenvalue weighted by molar-refractivity contribution is -0.161. The van der Waals surface area contributed by atoms with Crippen LogP contribution in [0.15, 0.2) is 36.5 Å². The van der Waals surface area contributed by atoms with Gasteiger partial charge in [-0.2, -0.15) is 0 Å². The number of esters is 4. The smallest absolute Gasteiger partial charge is 0.462 e. The van der Waals surface area contributed by atoms with Crippen LogP contribution in [-0.4, -0.2) is 96.7 Å². The summed E-state index contributed by atoms with van der Waals surface area (Å²) in [6, 6.07) is 0. The van der Waals surface area contributed by atoms with E-state index < -0.39 is 97.5 Å². The maximum Gasteiger partial charge on any atom is 0.472 e. The van der Waals surface area contributed by atoms with Crippen LogP contribution in [0.25, 0.3) is 0 Å². The predicted molar refractivity (Wildman–Crippen MR) is 391 cm³/mol. The molecular formula is C77H144O17P2. The van der Waals surface area contributed by atoms with Crippen LogP contribution in [0.5, 0.6) is 0 Å². The lowest BCUT2D eigenvalue weighted by Crippen LogP contribution is -2.30. The van der Waals surface area contributed by atoms with Crippen molar-refractivity contribution in [2.24, 2.45) is 0 Å². The highest BCUT2D eigenvalue weighted by Gasteiger charge is 2.30. The molecule has 3 N–H and O–H groups in total. The Labute approximate surface area is 585 Å². The van der Waals surface area contributed by atoms with E-state index in [0.717, 1.165) is 141 Å². The molecule has 0 heterocycles. The molecule has 0 saturated carbocycles. The highest BCUT2D eigenvalue weighted by atomic mass is 31.2. The monoisotopic (exact) mass is 1400 g/mol. The number of hydrogen-bond donors (Lipinski definition) is 3.